The maximum Gasteiger partial charge on any atom is 0.251 e. The van der Waals surface area contributed by atoms with Gasteiger partial charge in [-0.25, -0.2) is 4.98 Å². The zero-order valence-electron chi connectivity index (χ0n) is 12.1. The van der Waals surface area contributed by atoms with Crippen molar-refractivity contribution in [1.82, 2.24) is 10.3 Å². The average molecular weight is 304 g/mol. The number of benzene rings is 1. The zero-order valence-corrected chi connectivity index (χ0v) is 12.8. The van der Waals surface area contributed by atoms with Crippen LogP contribution in [0.1, 0.15) is 41.4 Å². The van der Waals surface area contributed by atoms with Crippen molar-refractivity contribution in [2.75, 3.05) is 5.73 Å². The molecule has 0 saturated carbocycles. The molecule has 0 bridgehead atoms. The Kier molecular flexibility index (Phi) is 4.81. The van der Waals surface area contributed by atoms with Crippen molar-refractivity contribution in [1.29, 1.82) is 0 Å². The number of pyridine rings is 1. The van der Waals surface area contributed by atoms with Crippen molar-refractivity contribution in [3.05, 3.63) is 58.2 Å². The number of halogens is 1. The molecule has 0 saturated heterocycles. The second-order valence-electron chi connectivity index (χ2n) is 5.13. The summed E-state index contributed by atoms with van der Waals surface area (Å²) in [6.45, 7) is 4.39. The lowest BCUT2D eigenvalue weighted by Gasteiger charge is -2.10. The normalized spacial score (nSPS) is 10.7. The Balaban J connectivity index is 2.12. The highest BCUT2D eigenvalue weighted by atomic mass is 35.5. The van der Waals surface area contributed by atoms with E-state index in [0.29, 0.717) is 22.9 Å². The summed E-state index contributed by atoms with van der Waals surface area (Å²) in [5, 5.41) is 3.48. The fraction of sp³-hybridized carbons (Fsp3) is 0.250. The Labute approximate surface area is 129 Å². The summed E-state index contributed by atoms with van der Waals surface area (Å²) in [5.41, 5.74) is 7.94. The van der Waals surface area contributed by atoms with Gasteiger partial charge in [0.2, 0.25) is 0 Å². The van der Waals surface area contributed by atoms with Crippen LogP contribution in [0.4, 0.5) is 5.82 Å². The molecule has 1 aromatic heterocycles. The summed E-state index contributed by atoms with van der Waals surface area (Å²) < 4.78 is 0. The zero-order chi connectivity index (χ0) is 15.4. The highest BCUT2D eigenvalue weighted by Crippen LogP contribution is 2.17. The molecule has 5 heteroatoms. The highest BCUT2D eigenvalue weighted by Gasteiger charge is 2.11. The fourth-order valence-electron chi connectivity index (χ4n) is 1.92. The molecule has 21 heavy (non-hydrogen) atoms. The number of hydrogen-bond donors (Lipinski definition) is 2. The molecule has 0 atom stereocenters. The van der Waals surface area contributed by atoms with Gasteiger partial charge in [0.25, 0.3) is 5.91 Å². The highest BCUT2D eigenvalue weighted by molar-refractivity contribution is 6.31. The Hall–Kier alpha value is -2.07. The standard InChI is InChI=1S/C16H18ClN3O/c1-10(2)14-7-12(8-15(18)20-14)16(21)19-9-11-5-3-4-6-13(11)17/h3-8,10H,9H2,1-2H3,(H2,18,20)(H,19,21). The maximum absolute atomic E-state index is 12.2. The molecule has 0 aliphatic heterocycles. The second kappa shape index (κ2) is 6.59. The van der Waals surface area contributed by atoms with Crippen LogP contribution in [0.25, 0.3) is 0 Å². The average Bonchev–Trinajstić information content (AvgIpc) is 2.45. The van der Waals surface area contributed by atoms with Gasteiger partial charge in [0.15, 0.2) is 0 Å². The van der Waals surface area contributed by atoms with Crippen molar-refractivity contribution in [2.45, 2.75) is 26.3 Å². The lowest BCUT2D eigenvalue weighted by atomic mass is 10.1. The van der Waals surface area contributed by atoms with Gasteiger partial charge in [-0.05, 0) is 29.7 Å². The summed E-state index contributed by atoms with van der Waals surface area (Å²) in [6.07, 6.45) is 0. The van der Waals surface area contributed by atoms with E-state index in [2.05, 4.69) is 10.3 Å². The van der Waals surface area contributed by atoms with E-state index in [1.54, 1.807) is 18.2 Å². The molecule has 2 aromatic rings. The van der Waals surface area contributed by atoms with Gasteiger partial charge >= 0.3 is 0 Å². The van der Waals surface area contributed by atoms with Crippen LogP contribution in [0.15, 0.2) is 36.4 Å². The van der Waals surface area contributed by atoms with Gasteiger partial charge in [-0.15, -0.1) is 0 Å². The number of anilines is 1. The maximum atomic E-state index is 12.2. The fourth-order valence-corrected chi connectivity index (χ4v) is 2.12. The number of hydrogen-bond acceptors (Lipinski definition) is 3. The van der Waals surface area contributed by atoms with Crippen molar-refractivity contribution >= 4 is 23.3 Å². The lowest BCUT2D eigenvalue weighted by molar-refractivity contribution is 0.0950. The molecule has 0 radical (unpaired) electrons. The third-order valence-corrected chi connectivity index (χ3v) is 3.48. The summed E-state index contributed by atoms with van der Waals surface area (Å²) in [7, 11) is 0. The first-order valence-corrected chi connectivity index (χ1v) is 7.14. The molecule has 0 aliphatic rings. The van der Waals surface area contributed by atoms with Gasteiger partial charge in [-0.1, -0.05) is 43.6 Å². The van der Waals surface area contributed by atoms with Crippen LogP contribution in [-0.4, -0.2) is 10.9 Å². The van der Waals surface area contributed by atoms with Crippen LogP contribution in [0.5, 0.6) is 0 Å². The van der Waals surface area contributed by atoms with E-state index in [1.165, 1.54) is 0 Å². The number of aromatic nitrogens is 1. The minimum atomic E-state index is -0.189. The molecule has 0 spiro atoms. The summed E-state index contributed by atoms with van der Waals surface area (Å²) >= 11 is 6.06. The summed E-state index contributed by atoms with van der Waals surface area (Å²) in [5.74, 6) is 0.374. The minimum absolute atomic E-state index is 0.189. The molecule has 1 amide bonds. The van der Waals surface area contributed by atoms with Gasteiger partial charge in [0.05, 0.1) is 0 Å². The number of nitrogens with zero attached hydrogens (tertiary/aromatic N) is 1. The van der Waals surface area contributed by atoms with Crippen LogP contribution in [0.2, 0.25) is 5.02 Å². The summed E-state index contributed by atoms with van der Waals surface area (Å²) in [4.78, 5) is 16.4. The van der Waals surface area contributed by atoms with Crippen LogP contribution in [-0.2, 0) is 6.54 Å². The van der Waals surface area contributed by atoms with Crippen LogP contribution < -0.4 is 11.1 Å². The van der Waals surface area contributed by atoms with Crippen LogP contribution in [0.3, 0.4) is 0 Å². The first kappa shape index (κ1) is 15.3. The van der Waals surface area contributed by atoms with E-state index in [0.717, 1.165) is 11.3 Å². The van der Waals surface area contributed by atoms with Gasteiger partial charge in [-0.3, -0.25) is 4.79 Å². The van der Waals surface area contributed by atoms with Crippen molar-refractivity contribution < 1.29 is 4.79 Å². The van der Waals surface area contributed by atoms with Gasteiger partial charge in [-0.2, -0.15) is 0 Å². The quantitative estimate of drug-likeness (QED) is 0.910. The van der Waals surface area contributed by atoms with E-state index in [4.69, 9.17) is 17.3 Å². The predicted octanol–water partition coefficient (Wildman–Crippen LogP) is 3.37. The molecule has 1 aromatic carbocycles. The lowest BCUT2D eigenvalue weighted by Crippen LogP contribution is -2.23. The number of carbonyl (C=O) groups is 1. The molecule has 110 valence electrons. The monoisotopic (exact) mass is 303 g/mol. The van der Waals surface area contributed by atoms with Crippen LogP contribution in [0, 0.1) is 0 Å². The topological polar surface area (TPSA) is 68.0 Å². The van der Waals surface area contributed by atoms with E-state index in [-0.39, 0.29) is 11.8 Å². The third-order valence-electron chi connectivity index (χ3n) is 3.12. The van der Waals surface area contributed by atoms with Gasteiger partial charge in [0, 0.05) is 22.8 Å². The smallest absolute Gasteiger partial charge is 0.251 e. The molecule has 4 nitrogen and oxygen atoms in total. The molecular formula is C16H18ClN3O. The number of nitrogens with two attached hydrogens (primary N) is 1. The number of nitrogen functional groups attached to an aromatic ring is 1. The second-order valence-corrected chi connectivity index (χ2v) is 5.54. The number of carbonyl (C=O) groups excluding carboxylic acids is 1. The van der Waals surface area contributed by atoms with Crippen molar-refractivity contribution in [2.24, 2.45) is 0 Å². The molecule has 2 rings (SSSR count). The Bertz CT molecular complexity index is 656. The van der Waals surface area contributed by atoms with Gasteiger partial charge in [0.1, 0.15) is 5.82 Å². The molecule has 0 aliphatic carbocycles. The van der Waals surface area contributed by atoms with Crippen molar-refractivity contribution in [3.63, 3.8) is 0 Å². The molecule has 1 heterocycles. The van der Waals surface area contributed by atoms with Gasteiger partial charge < -0.3 is 11.1 Å². The summed E-state index contributed by atoms with van der Waals surface area (Å²) in [6, 6.07) is 10.8. The molecule has 0 fully saturated rings. The number of rotatable bonds is 4. The Morgan fingerprint density at radius 1 is 1.33 bits per heavy atom. The van der Waals surface area contributed by atoms with Crippen LogP contribution >= 0.6 is 11.6 Å². The number of amides is 1. The van der Waals surface area contributed by atoms with E-state index >= 15 is 0 Å². The third kappa shape index (κ3) is 3.95. The minimum Gasteiger partial charge on any atom is -0.384 e. The first-order chi connectivity index (χ1) is 9.97. The largest absolute Gasteiger partial charge is 0.384 e. The SMILES string of the molecule is CC(C)c1cc(C(=O)NCc2ccccc2Cl)cc(N)n1. The van der Waals surface area contributed by atoms with E-state index in [1.807, 2.05) is 32.0 Å². The Morgan fingerprint density at radius 3 is 2.71 bits per heavy atom. The first-order valence-electron chi connectivity index (χ1n) is 6.76. The molecular weight excluding hydrogens is 286 g/mol. The van der Waals surface area contributed by atoms with Crippen molar-refractivity contribution in [3.8, 4) is 0 Å². The van der Waals surface area contributed by atoms with E-state index < -0.39 is 0 Å². The molecule has 3 N–H and O–H groups in total. The Morgan fingerprint density at radius 2 is 2.05 bits per heavy atom. The van der Waals surface area contributed by atoms with E-state index in [9.17, 15) is 4.79 Å². The molecule has 0 unspecified atom stereocenters. The predicted molar refractivity (Wildman–Crippen MR) is 85.4 cm³/mol. The number of nitrogens with one attached hydrogen (secondary N) is 1.